The van der Waals surface area contributed by atoms with Gasteiger partial charge in [-0.1, -0.05) is 6.92 Å². The van der Waals surface area contributed by atoms with Crippen LogP contribution in [0.25, 0.3) is 0 Å². The molecule has 3 unspecified atom stereocenters. The molecule has 1 rings (SSSR count). The molecule has 0 aromatic rings. The Bertz CT molecular complexity index is 482. The Balaban J connectivity index is 2.58. The van der Waals surface area contributed by atoms with Crippen LogP contribution in [0, 0.1) is 5.92 Å². The Kier molecular flexibility index (Phi) is 8.17. The summed E-state index contributed by atoms with van der Waals surface area (Å²) in [6.07, 6.45) is 0.326. The van der Waals surface area contributed by atoms with Crippen molar-refractivity contribution in [2.24, 2.45) is 5.92 Å². The Labute approximate surface area is 140 Å². The quantitative estimate of drug-likeness (QED) is 0.395. The van der Waals surface area contributed by atoms with Gasteiger partial charge in [0.2, 0.25) is 11.8 Å². The first kappa shape index (κ1) is 19.9. The second kappa shape index (κ2) is 9.86. The van der Waals surface area contributed by atoms with Crippen LogP contribution in [0.1, 0.15) is 33.1 Å². The highest BCUT2D eigenvalue weighted by molar-refractivity contribution is 5.91. The molecule has 0 radical (unpaired) electrons. The largest absolute Gasteiger partial charge is 0.481 e. The van der Waals surface area contributed by atoms with Gasteiger partial charge in [-0.3, -0.25) is 19.2 Å². The molecule has 0 aromatic carbocycles. The van der Waals surface area contributed by atoms with Crippen molar-refractivity contribution >= 4 is 23.8 Å². The number of rotatable bonds is 9. The van der Waals surface area contributed by atoms with Crippen LogP contribution in [0.2, 0.25) is 0 Å². The predicted octanol–water partition coefficient (Wildman–Crippen LogP) is -0.987. The van der Waals surface area contributed by atoms with Crippen LogP contribution in [0.3, 0.4) is 0 Å². The van der Waals surface area contributed by atoms with E-state index in [-0.39, 0.29) is 31.9 Å². The topological polar surface area (TPSA) is 134 Å². The summed E-state index contributed by atoms with van der Waals surface area (Å²) in [6.45, 7) is 4.23. The van der Waals surface area contributed by atoms with Crippen LogP contribution in [-0.2, 0) is 23.9 Å². The minimum absolute atomic E-state index is 0.0575. The first-order valence-electron chi connectivity index (χ1n) is 8.02. The monoisotopic (exact) mass is 343 g/mol. The lowest BCUT2D eigenvalue weighted by Gasteiger charge is -2.20. The number of carboxylic acid groups (broad SMARTS) is 1. The highest BCUT2D eigenvalue weighted by Crippen LogP contribution is 2.13. The predicted molar refractivity (Wildman–Crippen MR) is 84.0 cm³/mol. The second-order valence-electron chi connectivity index (χ2n) is 5.82. The van der Waals surface area contributed by atoms with Gasteiger partial charge in [-0.15, -0.1) is 0 Å². The number of esters is 1. The molecule has 9 nitrogen and oxygen atoms in total. The molecule has 9 heteroatoms. The van der Waals surface area contributed by atoms with Crippen molar-refractivity contribution < 1.29 is 29.0 Å². The molecular weight excluding hydrogens is 318 g/mol. The van der Waals surface area contributed by atoms with E-state index >= 15 is 0 Å². The molecule has 136 valence electrons. The van der Waals surface area contributed by atoms with Gasteiger partial charge >= 0.3 is 11.9 Å². The summed E-state index contributed by atoms with van der Waals surface area (Å²) in [5.74, 6) is -2.26. The number of carbonyl (C=O) groups is 4. The number of carboxylic acids is 1. The van der Waals surface area contributed by atoms with Crippen molar-refractivity contribution in [2.75, 3.05) is 19.7 Å². The summed E-state index contributed by atoms with van der Waals surface area (Å²) >= 11 is 0. The maximum absolute atomic E-state index is 12.2. The number of ether oxygens (including phenoxy) is 1. The van der Waals surface area contributed by atoms with Gasteiger partial charge in [0.1, 0.15) is 12.6 Å². The Hall–Kier alpha value is -2.16. The molecule has 1 heterocycles. The zero-order chi connectivity index (χ0) is 18.1. The molecular formula is C15H25N3O6. The molecule has 24 heavy (non-hydrogen) atoms. The molecule has 1 aliphatic heterocycles. The van der Waals surface area contributed by atoms with E-state index < -0.39 is 29.9 Å². The average molecular weight is 343 g/mol. The van der Waals surface area contributed by atoms with Crippen LogP contribution in [0.15, 0.2) is 0 Å². The van der Waals surface area contributed by atoms with Gasteiger partial charge in [-0.05, 0) is 32.2 Å². The summed E-state index contributed by atoms with van der Waals surface area (Å²) in [5, 5.41) is 16.7. The fourth-order valence-corrected chi connectivity index (χ4v) is 2.42. The molecule has 0 aromatic heterocycles. The van der Waals surface area contributed by atoms with Crippen LogP contribution in [0.5, 0.6) is 0 Å². The summed E-state index contributed by atoms with van der Waals surface area (Å²) in [4.78, 5) is 46.3. The minimum Gasteiger partial charge on any atom is -0.481 e. The van der Waals surface area contributed by atoms with Crippen LogP contribution in [-0.4, -0.2) is 60.6 Å². The van der Waals surface area contributed by atoms with E-state index in [0.29, 0.717) is 18.9 Å². The van der Waals surface area contributed by atoms with Crippen molar-refractivity contribution in [3.8, 4) is 0 Å². The number of hydrogen-bond donors (Lipinski definition) is 4. The fraction of sp³-hybridized carbons (Fsp3) is 0.733. The summed E-state index contributed by atoms with van der Waals surface area (Å²) in [6, 6.07) is -1.41. The minimum atomic E-state index is -1.07. The third-order valence-corrected chi connectivity index (χ3v) is 3.66. The van der Waals surface area contributed by atoms with Crippen molar-refractivity contribution in [3.63, 3.8) is 0 Å². The molecule has 1 aliphatic rings. The number of amides is 2. The highest BCUT2D eigenvalue weighted by Gasteiger charge is 2.30. The van der Waals surface area contributed by atoms with Gasteiger partial charge in [0.15, 0.2) is 0 Å². The fourth-order valence-electron chi connectivity index (χ4n) is 2.42. The first-order valence-corrected chi connectivity index (χ1v) is 8.02. The Morgan fingerprint density at radius 3 is 2.58 bits per heavy atom. The van der Waals surface area contributed by atoms with Gasteiger partial charge in [-0.2, -0.15) is 0 Å². The second-order valence-corrected chi connectivity index (χ2v) is 5.82. The molecule has 4 N–H and O–H groups in total. The van der Waals surface area contributed by atoms with E-state index in [0.717, 1.165) is 0 Å². The van der Waals surface area contributed by atoms with Crippen molar-refractivity contribution in [1.82, 2.24) is 16.0 Å². The number of aliphatic carboxylic acids is 1. The number of hydrogen-bond acceptors (Lipinski definition) is 6. The number of nitrogens with one attached hydrogen (secondary N) is 3. The lowest BCUT2D eigenvalue weighted by atomic mass is 10.1. The Morgan fingerprint density at radius 2 is 2.04 bits per heavy atom. The van der Waals surface area contributed by atoms with E-state index in [1.165, 1.54) is 0 Å². The Morgan fingerprint density at radius 1 is 1.33 bits per heavy atom. The maximum Gasteiger partial charge on any atom is 0.325 e. The lowest BCUT2D eigenvalue weighted by molar-refractivity contribution is -0.144. The summed E-state index contributed by atoms with van der Waals surface area (Å²) < 4.78 is 4.70. The first-order chi connectivity index (χ1) is 11.3. The van der Waals surface area contributed by atoms with E-state index in [4.69, 9.17) is 9.84 Å². The van der Waals surface area contributed by atoms with Crippen LogP contribution < -0.4 is 16.0 Å². The molecule has 1 saturated heterocycles. The zero-order valence-corrected chi connectivity index (χ0v) is 14.0. The van der Waals surface area contributed by atoms with E-state index in [9.17, 15) is 19.2 Å². The van der Waals surface area contributed by atoms with Gasteiger partial charge in [-0.25, -0.2) is 0 Å². The van der Waals surface area contributed by atoms with E-state index in [1.54, 1.807) is 6.92 Å². The number of carbonyl (C=O) groups excluding carboxylic acids is 3. The third kappa shape index (κ3) is 6.95. The standard InChI is InChI=1S/C15H25N3O6/c1-3-24-13(21)8-17-14(22)10(4-5-12(19)20)18-15(23)11-6-9(2)7-16-11/h9-11,16H,3-8H2,1-2H3,(H,17,22)(H,18,23)(H,19,20). The van der Waals surface area contributed by atoms with E-state index in [1.807, 2.05) is 6.92 Å². The van der Waals surface area contributed by atoms with E-state index in [2.05, 4.69) is 16.0 Å². The molecule has 3 atom stereocenters. The van der Waals surface area contributed by atoms with Crippen LogP contribution in [0.4, 0.5) is 0 Å². The molecule has 0 aliphatic carbocycles. The average Bonchev–Trinajstić information content (AvgIpc) is 2.95. The van der Waals surface area contributed by atoms with Gasteiger partial charge in [0, 0.05) is 6.42 Å². The molecule has 0 saturated carbocycles. The van der Waals surface area contributed by atoms with Crippen molar-refractivity contribution in [1.29, 1.82) is 0 Å². The van der Waals surface area contributed by atoms with Crippen molar-refractivity contribution in [3.05, 3.63) is 0 Å². The van der Waals surface area contributed by atoms with Crippen LogP contribution >= 0.6 is 0 Å². The van der Waals surface area contributed by atoms with Gasteiger partial charge in [0.05, 0.1) is 12.6 Å². The third-order valence-electron chi connectivity index (χ3n) is 3.66. The molecule has 2 amide bonds. The summed E-state index contributed by atoms with van der Waals surface area (Å²) in [5.41, 5.74) is 0. The lowest BCUT2D eigenvalue weighted by Crippen LogP contribution is -2.52. The summed E-state index contributed by atoms with van der Waals surface area (Å²) in [7, 11) is 0. The highest BCUT2D eigenvalue weighted by atomic mass is 16.5. The SMILES string of the molecule is CCOC(=O)CNC(=O)C(CCC(=O)O)NC(=O)C1CC(C)CN1. The normalized spacial score (nSPS) is 20.9. The van der Waals surface area contributed by atoms with Gasteiger partial charge < -0.3 is 25.8 Å². The molecule has 1 fully saturated rings. The van der Waals surface area contributed by atoms with Crippen molar-refractivity contribution in [2.45, 2.75) is 45.2 Å². The zero-order valence-electron chi connectivity index (χ0n) is 14.0. The molecule has 0 spiro atoms. The smallest absolute Gasteiger partial charge is 0.325 e. The maximum atomic E-state index is 12.2. The molecule has 0 bridgehead atoms. The van der Waals surface area contributed by atoms with Gasteiger partial charge in [0.25, 0.3) is 0 Å².